The molecule has 1 aromatic heterocycles. The van der Waals surface area contributed by atoms with Gasteiger partial charge in [-0.15, -0.1) is 10.2 Å². The number of aryl methyl sites for hydroxylation is 1. The minimum Gasteiger partial charge on any atom is -0.481 e. The minimum absolute atomic E-state index is 0.101. The maximum absolute atomic E-state index is 13.2. The number of aromatic nitrogens is 3. The monoisotopic (exact) mass is 315 g/mol. The number of nitrogens with zero attached hydrogens (tertiary/aromatic N) is 3. The molecule has 0 aromatic carbocycles. The first-order valence-corrected chi connectivity index (χ1v) is 6.69. The van der Waals surface area contributed by atoms with E-state index in [1.165, 1.54) is 0 Å². The van der Waals surface area contributed by atoms with Crippen LogP contribution in [0.5, 0.6) is 0 Å². The van der Waals surface area contributed by atoms with E-state index in [0.29, 0.717) is 24.6 Å². The average Bonchev–Trinajstić information content (AvgIpc) is 2.69. The van der Waals surface area contributed by atoms with Crippen LogP contribution in [0.15, 0.2) is 5.16 Å². The molecule has 1 N–H and O–H groups in total. The lowest BCUT2D eigenvalue weighted by molar-refractivity contribution is -0.139. The van der Waals surface area contributed by atoms with Crippen molar-refractivity contribution in [1.29, 1.82) is 0 Å². The molecule has 20 heavy (non-hydrogen) atoms. The molecule has 0 amide bonds. The zero-order valence-corrected chi connectivity index (χ0v) is 11.3. The van der Waals surface area contributed by atoms with Gasteiger partial charge in [-0.3, -0.25) is 9.36 Å². The fraction of sp³-hybridized carbons (Fsp3) is 0.700. The van der Waals surface area contributed by atoms with Crippen LogP contribution in [-0.2, 0) is 17.8 Å². The summed E-state index contributed by atoms with van der Waals surface area (Å²) in [5.74, 6) is -5.66. The average molecular weight is 315 g/mol. The molecule has 5 nitrogen and oxygen atoms in total. The van der Waals surface area contributed by atoms with E-state index in [4.69, 9.17) is 5.11 Å². The van der Waals surface area contributed by atoms with Crippen molar-refractivity contribution in [1.82, 2.24) is 14.8 Å². The Balaban J connectivity index is 2.99. The first kappa shape index (κ1) is 16.7. The topological polar surface area (TPSA) is 68.0 Å². The number of thioether (sulfide) groups is 1. The van der Waals surface area contributed by atoms with Crippen LogP contribution in [0.4, 0.5) is 17.6 Å². The summed E-state index contributed by atoms with van der Waals surface area (Å²) in [5, 5.41) is 15.7. The molecule has 0 spiro atoms. The Kier molecular flexibility index (Phi) is 5.78. The maximum Gasteiger partial charge on any atom is 0.325 e. The summed E-state index contributed by atoms with van der Waals surface area (Å²) in [6.07, 6.45) is -2.95. The van der Waals surface area contributed by atoms with Crippen molar-refractivity contribution in [3.63, 3.8) is 0 Å². The number of aliphatic carboxylic acids is 1. The Labute approximate surface area is 116 Å². The van der Waals surface area contributed by atoms with Gasteiger partial charge in [-0.05, 0) is 6.42 Å². The van der Waals surface area contributed by atoms with E-state index in [-0.39, 0.29) is 11.0 Å². The van der Waals surface area contributed by atoms with Crippen molar-refractivity contribution in [2.45, 2.75) is 43.8 Å². The molecule has 0 aliphatic heterocycles. The molecule has 0 atom stereocenters. The smallest absolute Gasteiger partial charge is 0.325 e. The second-order valence-corrected chi connectivity index (χ2v) is 4.92. The van der Waals surface area contributed by atoms with E-state index in [9.17, 15) is 22.4 Å². The highest BCUT2D eigenvalue weighted by molar-refractivity contribution is 7.99. The van der Waals surface area contributed by atoms with Crippen molar-refractivity contribution >= 4 is 17.7 Å². The van der Waals surface area contributed by atoms with Crippen LogP contribution in [0.1, 0.15) is 19.2 Å². The lowest BCUT2D eigenvalue weighted by atomic mass is 10.3. The predicted octanol–water partition coefficient (Wildman–Crippen LogP) is 2.31. The zero-order valence-electron chi connectivity index (χ0n) is 10.5. The van der Waals surface area contributed by atoms with Gasteiger partial charge in [0.05, 0.1) is 12.3 Å². The van der Waals surface area contributed by atoms with E-state index in [2.05, 4.69) is 10.2 Å². The third-order valence-corrected chi connectivity index (χ3v) is 3.23. The van der Waals surface area contributed by atoms with Crippen LogP contribution < -0.4 is 0 Å². The van der Waals surface area contributed by atoms with Crippen LogP contribution in [-0.4, -0.2) is 43.9 Å². The Morgan fingerprint density at radius 1 is 1.45 bits per heavy atom. The van der Waals surface area contributed by atoms with Gasteiger partial charge in [0.15, 0.2) is 5.16 Å². The Morgan fingerprint density at radius 3 is 2.60 bits per heavy atom. The molecular formula is C10H13F4N3O2S. The van der Waals surface area contributed by atoms with Gasteiger partial charge in [-0.2, -0.15) is 8.78 Å². The molecule has 0 saturated carbocycles. The van der Waals surface area contributed by atoms with Gasteiger partial charge in [0.25, 0.3) is 0 Å². The third kappa shape index (κ3) is 4.36. The second-order valence-electron chi connectivity index (χ2n) is 3.98. The number of alkyl halides is 4. The fourth-order valence-electron chi connectivity index (χ4n) is 1.40. The van der Waals surface area contributed by atoms with Crippen molar-refractivity contribution in [2.24, 2.45) is 0 Å². The first-order valence-electron chi connectivity index (χ1n) is 5.70. The summed E-state index contributed by atoms with van der Waals surface area (Å²) in [6, 6.07) is 0. The van der Waals surface area contributed by atoms with Gasteiger partial charge in [0, 0.05) is 6.42 Å². The zero-order chi connectivity index (χ0) is 15.3. The van der Waals surface area contributed by atoms with Crippen molar-refractivity contribution < 1.29 is 27.5 Å². The molecule has 10 heteroatoms. The Bertz CT molecular complexity index is 467. The van der Waals surface area contributed by atoms with E-state index in [0.717, 1.165) is 4.57 Å². The molecule has 0 aliphatic carbocycles. The van der Waals surface area contributed by atoms with Crippen molar-refractivity contribution in [3.8, 4) is 0 Å². The number of carboxylic acids is 1. The quantitative estimate of drug-likeness (QED) is 0.589. The highest BCUT2D eigenvalue weighted by atomic mass is 32.2. The molecular weight excluding hydrogens is 302 g/mol. The van der Waals surface area contributed by atoms with Gasteiger partial charge in [0.2, 0.25) is 0 Å². The maximum atomic E-state index is 13.2. The van der Waals surface area contributed by atoms with E-state index in [1.54, 1.807) is 6.92 Å². The molecule has 0 bridgehead atoms. The molecule has 0 fully saturated rings. The van der Waals surface area contributed by atoms with E-state index in [1.807, 2.05) is 0 Å². The van der Waals surface area contributed by atoms with Crippen molar-refractivity contribution in [3.05, 3.63) is 5.82 Å². The Morgan fingerprint density at radius 2 is 2.10 bits per heavy atom. The van der Waals surface area contributed by atoms with Gasteiger partial charge in [0.1, 0.15) is 5.82 Å². The highest BCUT2D eigenvalue weighted by Crippen LogP contribution is 2.28. The minimum atomic E-state index is -4.22. The predicted molar refractivity (Wildman–Crippen MR) is 63.3 cm³/mol. The summed E-state index contributed by atoms with van der Waals surface area (Å²) in [7, 11) is 0. The molecule has 1 aromatic rings. The summed E-state index contributed by atoms with van der Waals surface area (Å²) >= 11 is 0.666. The van der Waals surface area contributed by atoms with E-state index < -0.39 is 30.6 Å². The van der Waals surface area contributed by atoms with Crippen LogP contribution in [0.3, 0.4) is 0 Å². The molecule has 0 unspecified atom stereocenters. The largest absolute Gasteiger partial charge is 0.481 e. The van der Waals surface area contributed by atoms with Crippen LogP contribution in [0.2, 0.25) is 0 Å². The van der Waals surface area contributed by atoms with Crippen molar-refractivity contribution in [2.75, 3.05) is 5.75 Å². The van der Waals surface area contributed by atoms with Gasteiger partial charge in [-0.1, -0.05) is 18.7 Å². The summed E-state index contributed by atoms with van der Waals surface area (Å²) < 4.78 is 51.7. The third-order valence-electron chi connectivity index (χ3n) is 2.28. The summed E-state index contributed by atoms with van der Waals surface area (Å²) in [4.78, 5) is 10.5. The fourth-order valence-corrected chi connectivity index (χ4v) is 2.08. The van der Waals surface area contributed by atoms with Crippen LogP contribution in [0.25, 0.3) is 0 Å². The molecule has 0 aliphatic rings. The lowest BCUT2D eigenvalue weighted by Crippen LogP contribution is -2.33. The normalized spacial score (nSPS) is 12.1. The molecule has 0 radical (unpaired) electrons. The standard InChI is InChI=1S/C10H13F4N3O2S/c1-2-3-6-15-16-9(20-4-7(18)19)17(6)5-10(13,14)8(11)12/h8H,2-5H2,1H3,(H,18,19). The highest BCUT2D eigenvalue weighted by Gasteiger charge is 2.42. The molecule has 0 saturated heterocycles. The van der Waals surface area contributed by atoms with E-state index >= 15 is 0 Å². The van der Waals surface area contributed by atoms with Gasteiger partial charge >= 0.3 is 18.3 Å². The number of hydrogen-bond acceptors (Lipinski definition) is 4. The van der Waals surface area contributed by atoms with Gasteiger partial charge in [-0.25, -0.2) is 8.78 Å². The molecule has 114 valence electrons. The first-order chi connectivity index (χ1) is 9.27. The summed E-state index contributed by atoms with van der Waals surface area (Å²) in [5.41, 5.74) is 0. The number of rotatable bonds is 8. The Hall–Kier alpha value is -1.32. The molecule has 1 heterocycles. The summed E-state index contributed by atoms with van der Waals surface area (Å²) in [6.45, 7) is 0.503. The second kappa shape index (κ2) is 6.91. The SMILES string of the molecule is CCCc1nnc(SCC(=O)O)n1CC(F)(F)C(F)F. The molecule has 1 rings (SSSR count). The van der Waals surface area contributed by atoms with Gasteiger partial charge < -0.3 is 5.11 Å². The number of hydrogen-bond donors (Lipinski definition) is 1. The van der Waals surface area contributed by atoms with Crippen LogP contribution in [0, 0.1) is 0 Å². The number of halogens is 4. The lowest BCUT2D eigenvalue weighted by Gasteiger charge is -2.18. The number of carbonyl (C=O) groups is 1. The van der Waals surface area contributed by atoms with Crippen LogP contribution >= 0.6 is 11.8 Å². The number of carboxylic acid groups (broad SMARTS) is 1.